The summed E-state index contributed by atoms with van der Waals surface area (Å²) >= 11 is 6.70. The van der Waals surface area contributed by atoms with E-state index in [2.05, 4.69) is 34.4 Å². The Kier molecular flexibility index (Phi) is 7.11. The fourth-order valence-electron chi connectivity index (χ4n) is 4.91. The molecule has 3 heterocycles. The molecule has 0 amide bonds. The van der Waals surface area contributed by atoms with Crippen LogP contribution < -0.4 is 15.4 Å². The van der Waals surface area contributed by atoms with Crippen molar-refractivity contribution in [2.45, 2.75) is 45.8 Å². The Labute approximate surface area is 198 Å². The van der Waals surface area contributed by atoms with Crippen LogP contribution in [0.4, 0.5) is 11.8 Å². The van der Waals surface area contributed by atoms with E-state index in [1.807, 2.05) is 0 Å². The minimum atomic E-state index is -0.409. The van der Waals surface area contributed by atoms with Gasteiger partial charge in [0.15, 0.2) is 0 Å². The van der Waals surface area contributed by atoms with Gasteiger partial charge in [0.1, 0.15) is 22.8 Å². The van der Waals surface area contributed by atoms with Crippen LogP contribution >= 0.6 is 11.6 Å². The van der Waals surface area contributed by atoms with Gasteiger partial charge in [0, 0.05) is 44.4 Å². The van der Waals surface area contributed by atoms with E-state index in [-0.39, 0.29) is 24.4 Å². The fourth-order valence-corrected chi connectivity index (χ4v) is 5.20. The summed E-state index contributed by atoms with van der Waals surface area (Å²) in [5, 5.41) is 26.7. The first-order valence-electron chi connectivity index (χ1n) is 11.4. The molecule has 33 heavy (non-hydrogen) atoms. The van der Waals surface area contributed by atoms with Gasteiger partial charge in [-0.25, -0.2) is 9.97 Å². The van der Waals surface area contributed by atoms with Crippen LogP contribution in [0.15, 0.2) is 6.07 Å². The van der Waals surface area contributed by atoms with Crippen LogP contribution in [-0.2, 0) is 11.2 Å². The Balaban J connectivity index is 1.67. The van der Waals surface area contributed by atoms with Gasteiger partial charge in [0.25, 0.3) is 0 Å². The van der Waals surface area contributed by atoms with Crippen molar-refractivity contribution in [2.24, 2.45) is 17.8 Å². The van der Waals surface area contributed by atoms with Crippen molar-refractivity contribution in [2.75, 3.05) is 37.5 Å². The Hall–Kier alpha value is -2.36. The fraction of sp³-hybridized carbons (Fsp3) is 0.609. The second kappa shape index (κ2) is 9.87. The van der Waals surface area contributed by atoms with Crippen molar-refractivity contribution in [1.29, 1.82) is 0 Å². The number of anilines is 2. The number of aryl methyl sites for hydroxylation is 1. The molecular weight excluding hydrogens is 446 g/mol. The third kappa shape index (κ3) is 4.81. The van der Waals surface area contributed by atoms with Gasteiger partial charge in [-0.3, -0.25) is 0 Å². The topological polar surface area (TPSA) is 122 Å². The monoisotopic (exact) mass is 477 g/mol. The molecule has 2 aliphatic rings. The highest BCUT2D eigenvalue weighted by Crippen LogP contribution is 2.45. The molecule has 1 aliphatic carbocycles. The van der Waals surface area contributed by atoms with E-state index in [0.29, 0.717) is 65.3 Å². The maximum absolute atomic E-state index is 9.91. The van der Waals surface area contributed by atoms with Gasteiger partial charge in [-0.1, -0.05) is 25.4 Å². The molecule has 5 atom stereocenters. The van der Waals surface area contributed by atoms with Crippen molar-refractivity contribution < 1.29 is 19.7 Å². The zero-order valence-corrected chi connectivity index (χ0v) is 20.2. The Bertz CT molecular complexity index is 1010. The number of ether oxygens (including phenoxy) is 2. The SMILES string of the molecule is COCCNc1nc(Cl)c(C2Cc3cc(O)nc(C)c3O2)c(N[C@@H]2C[C@H](CO)[C@@H](C)[C@H]2C)n1. The molecule has 2 aromatic rings. The van der Waals surface area contributed by atoms with E-state index in [1.54, 1.807) is 20.1 Å². The van der Waals surface area contributed by atoms with Gasteiger partial charge >= 0.3 is 0 Å². The van der Waals surface area contributed by atoms with Crippen LogP contribution in [-0.4, -0.2) is 58.1 Å². The Morgan fingerprint density at radius 1 is 1.24 bits per heavy atom. The van der Waals surface area contributed by atoms with Gasteiger partial charge < -0.3 is 30.3 Å². The number of nitrogens with zero attached hydrogens (tertiary/aromatic N) is 3. The molecular formula is C23H32ClN5O4. The molecule has 0 spiro atoms. The molecule has 9 nitrogen and oxygen atoms in total. The van der Waals surface area contributed by atoms with Crippen molar-refractivity contribution in [3.8, 4) is 11.6 Å². The molecule has 2 aromatic heterocycles. The summed E-state index contributed by atoms with van der Waals surface area (Å²) < 4.78 is 11.3. The first-order valence-corrected chi connectivity index (χ1v) is 11.7. The lowest BCUT2D eigenvalue weighted by molar-refractivity contribution is 0.191. The quantitative estimate of drug-likeness (QED) is 0.335. The van der Waals surface area contributed by atoms with Crippen LogP contribution in [0.3, 0.4) is 0 Å². The molecule has 4 rings (SSSR count). The summed E-state index contributed by atoms with van der Waals surface area (Å²) in [6, 6.07) is 1.75. The van der Waals surface area contributed by atoms with Crippen molar-refractivity contribution >= 4 is 23.4 Å². The number of halogens is 1. The van der Waals surface area contributed by atoms with Crippen molar-refractivity contribution in [1.82, 2.24) is 15.0 Å². The third-order valence-electron chi connectivity index (χ3n) is 7.00. The maximum Gasteiger partial charge on any atom is 0.226 e. The lowest BCUT2D eigenvalue weighted by Gasteiger charge is -2.24. The molecule has 1 unspecified atom stereocenters. The summed E-state index contributed by atoms with van der Waals surface area (Å²) in [4.78, 5) is 13.3. The highest BCUT2D eigenvalue weighted by molar-refractivity contribution is 6.30. The van der Waals surface area contributed by atoms with Crippen molar-refractivity contribution in [3.05, 3.63) is 28.0 Å². The number of pyridine rings is 1. The van der Waals surface area contributed by atoms with Gasteiger partial charge in [-0.05, 0) is 31.1 Å². The number of aliphatic hydroxyl groups is 1. The minimum Gasteiger partial charge on any atom is -0.493 e. The van der Waals surface area contributed by atoms with Gasteiger partial charge in [0.2, 0.25) is 11.8 Å². The number of aliphatic hydroxyl groups excluding tert-OH is 1. The average Bonchev–Trinajstić information content (AvgIpc) is 3.30. The Morgan fingerprint density at radius 2 is 2.03 bits per heavy atom. The number of hydrogen-bond acceptors (Lipinski definition) is 9. The van der Waals surface area contributed by atoms with E-state index >= 15 is 0 Å². The van der Waals surface area contributed by atoms with Gasteiger partial charge in [0.05, 0.1) is 17.9 Å². The summed E-state index contributed by atoms with van der Waals surface area (Å²) in [7, 11) is 1.63. The van der Waals surface area contributed by atoms with Crippen LogP contribution in [0.1, 0.15) is 43.2 Å². The number of aromatic hydroxyl groups is 1. The highest BCUT2D eigenvalue weighted by Gasteiger charge is 2.39. The second-order valence-corrected chi connectivity index (χ2v) is 9.39. The number of nitrogens with one attached hydrogen (secondary N) is 2. The second-order valence-electron chi connectivity index (χ2n) is 9.03. The highest BCUT2D eigenvalue weighted by atomic mass is 35.5. The standard InChI is InChI=1S/C23H32ClN5O4/c1-11-12(2)16(7-15(11)10-30)27-22-19(21(24)28-23(29-22)25-5-6-32-4)17-8-14-9-18(31)26-13(3)20(14)33-17/h9,11-12,15-17,30H,5-8,10H2,1-4H3,(H,26,31)(H2,25,27,28,29)/t11-,12+,15+,16+,17?/m0/s1. The third-order valence-corrected chi connectivity index (χ3v) is 7.29. The minimum absolute atomic E-state index is 0.0299. The molecule has 0 aromatic carbocycles. The Morgan fingerprint density at radius 3 is 2.73 bits per heavy atom. The molecule has 0 radical (unpaired) electrons. The summed E-state index contributed by atoms with van der Waals surface area (Å²) in [6.07, 6.45) is 0.957. The molecule has 0 bridgehead atoms. The van der Waals surface area contributed by atoms with Gasteiger partial charge in [-0.15, -0.1) is 0 Å². The van der Waals surface area contributed by atoms with E-state index < -0.39 is 6.10 Å². The number of aromatic nitrogens is 3. The zero-order valence-electron chi connectivity index (χ0n) is 19.4. The first kappa shape index (κ1) is 23.8. The van der Waals surface area contributed by atoms with E-state index in [4.69, 9.17) is 26.1 Å². The van der Waals surface area contributed by atoms with Crippen molar-refractivity contribution in [3.63, 3.8) is 0 Å². The first-order chi connectivity index (χ1) is 15.8. The predicted octanol–water partition coefficient (Wildman–Crippen LogP) is 3.34. The molecule has 0 saturated heterocycles. The smallest absolute Gasteiger partial charge is 0.226 e. The largest absolute Gasteiger partial charge is 0.493 e. The molecule has 180 valence electrons. The number of hydrogen-bond donors (Lipinski definition) is 4. The summed E-state index contributed by atoms with van der Waals surface area (Å²) in [5.41, 5.74) is 2.18. The van der Waals surface area contributed by atoms with Crippen LogP contribution in [0.5, 0.6) is 11.6 Å². The van der Waals surface area contributed by atoms with Crippen LogP contribution in [0, 0.1) is 24.7 Å². The molecule has 4 N–H and O–H groups in total. The molecule has 1 aliphatic heterocycles. The van der Waals surface area contributed by atoms with Crippen LogP contribution in [0.2, 0.25) is 5.15 Å². The maximum atomic E-state index is 9.91. The summed E-state index contributed by atoms with van der Waals surface area (Å²) in [6.45, 7) is 7.40. The number of fused-ring (bicyclic) bond motifs is 1. The van der Waals surface area contributed by atoms with E-state index in [0.717, 1.165) is 12.0 Å². The van der Waals surface area contributed by atoms with Crippen LogP contribution in [0.25, 0.3) is 0 Å². The molecule has 10 heteroatoms. The molecule has 1 saturated carbocycles. The average molecular weight is 478 g/mol. The van der Waals surface area contributed by atoms with Gasteiger partial charge in [-0.2, -0.15) is 4.98 Å². The summed E-state index contributed by atoms with van der Waals surface area (Å²) in [5.74, 6) is 2.62. The number of rotatable bonds is 8. The van der Waals surface area contributed by atoms with E-state index in [1.165, 1.54) is 0 Å². The molecule has 1 fully saturated rings. The lowest BCUT2D eigenvalue weighted by atomic mass is 9.92. The normalized spacial score (nSPS) is 26.2. The zero-order chi connectivity index (χ0) is 23.7. The predicted molar refractivity (Wildman–Crippen MR) is 126 cm³/mol. The lowest BCUT2D eigenvalue weighted by Crippen LogP contribution is -2.26. The van der Waals surface area contributed by atoms with E-state index in [9.17, 15) is 10.2 Å². The number of methoxy groups -OCH3 is 1.